The molecule has 0 saturated carbocycles. The number of ether oxygens (including phenoxy) is 1. The number of rotatable bonds is 7. The van der Waals surface area contributed by atoms with E-state index in [9.17, 15) is 4.39 Å². The standard InChI is InChI=1S/C16H21FN6O/c17-14-3-1-13(2-4-14)11-19-16-21-15(12-20-22-16)18-5-6-23-7-9-24-10-8-23/h1-4,12H,5-11H2,(H2,18,19,21,22). The van der Waals surface area contributed by atoms with E-state index in [1.807, 2.05) is 0 Å². The number of halogens is 1. The smallest absolute Gasteiger partial charge is 0.244 e. The van der Waals surface area contributed by atoms with E-state index in [0.29, 0.717) is 18.3 Å². The number of nitrogens with one attached hydrogen (secondary N) is 2. The number of aromatic nitrogens is 3. The molecule has 1 fully saturated rings. The number of nitrogens with zero attached hydrogens (tertiary/aromatic N) is 4. The van der Waals surface area contributed by atoms with E-state index in [2.05, 4.69) is 30.7 Å². The molecule has 0 atom stereocenters. The zero-order valence-electron chi connectivity index (χ0n) is 13.4. The second-order valence-electron chi connectivity index (χ2n) is 5.53. The summed E-state index contributed by atoms with van der Waals surface area (Å²) in [6, 6.07) is 6.31. The average Bonchev–Trinajstić information content (AvgIpc) is 2.63. The van der Waals surface area contributed by atoms with Gasteiger partial charge >= 0.3 is 0 Å². The highest BCUT2D eigenvalue weighted by atomic mass is 19.1. The predicted molar refractivity (Wildman–Crippen MR) is 89.3 cm³/mol. The first-order valence-corrected chi connectivity index (χ1v) is 8.01. The largest absolute Gasteiger partial charge is 0.379 e. The van der Waals surface area contributed by atoms with Crippen LogP contribution < -0.4 is 10.6 Å². The van der Waals surface area contributed by atoms with Crippen molar-refractivity contribution in [1.29, 1.82) is 0 Å². The minimum absolute atomic E-state index is 0.247. The Balaban J connectivity index is 1.45. The first-order valence-electron chi connectivity index (χ1n) is 8.01. The summed E-state index contributed by atoms with van der Waals surface area (Å²) in [6.45, 7) is 5.77. The van der Waals surface area contributed by atoms with Crippen LogP contribution in [0.2, 0.25) is 0 Å². The van der Waals surface area contributed by atoms with Gasteiger partial charge in [-0.2, -0.15) is 10.1 Å². The maximum atomic E-state index is 12.9. The van der Waals surface area contributed by atoms with Crippen LogP contribution in [-0.2, 0) is 11.3 Å². The zero-order chi connectivity index (χ0) is 16.6. The van der Waals surface area contributed by atoms with E-state index >= 15 is 0 Å². The molecule has 0 unspecified atom stereocenters. The molecule has 2 aromatic rings. The van der Waals surface area contributed by atoms with Gasteiger partial charge in [-0.1, -0.05) is 12.1 Å². The average molecular weight is 332 g/mol. The molecule has 0 spiro atoms. The molecule has 0 aliphatic carbocycles. The molecule has 0 amide bonds. The number of hydrogen-bond donors (Lipinski definition) is 2. The highest BCUT2D eigenvalue weighted by molar-refractivity contribution is 5.37. The summed E-state index contributed by atoms with van der Waals surface area (Å²) >= 11 is 0. The van der Waals surface area contributed by atoms with Gasteiger partial charge in [-0.25, -0.2) is 4.39 Å². The van der Waals surface area contributed by atoms with Gasteiger partial charge in [0, 0.05) is 32.7 Å². The predicted octanol–water partition coefficient (Wildman–Crippen LogP) is 1.37. The minimum Gasteiger partial charge on any atom is -0.379 e. The molecule has 1 aromatic heterocycles. The summed E-state index contributed by atoms with van der Waals surface area (Å²) in [4.78, 5) is 6.72. The lowest BCUT2D eigenvalue weighted by Gasteiger charge is -2.26. The zero-order valence-corrected chi connectivity index (χ0v) is 13.4. The Hall–Kier alpha value is -2.32. The number of benzene rings is 1. The lowest BCUT2D eigenvalue weighted by Crippen LogP contribution is -2.39. The molecule has 1 aromatic carbocycles. The lowest BCUT2D eigenvalue weighted by atomic mass is 10.2. The van der Waals surface area contributed by atoms with Crippen molar-refractivity contribution in [3.05, 3.63) is 41.8 Å². The van der Waals surface area contributed by atoms with Gasteiger partial charge in [0.05, 0.1) is 19.4 Å². The van der Waals surface area contributed by atoms with Crippen molar-refractivity contribution in [3.63, 3.8) is 0 Å². The summed E-state index contributed by atoms with van der Waals surface area (Å²) < 4.78 is 18.2. The van der Waals surface area contributed by atoms with Crippen LogP contribution in [0.5, 0.6) is 0 Å². The normalized spacial score (nSPS) is 15.2. The Bertz CT molecular complexity index is 633. The van der Waals surface area contributed by atoms with Crippen molar-refractivity contribution in [1.82, 2.24) is 20.1 Å². The van der Waals surface area contributed by atoms with Crippen molar-refractivity contribution >= 4 is 11.8 Å². The number of morpholine rings is 1. The summed E-state index contributed by atoms with van der Waals surface area (Å²) in [5, 5.41) is 14.2. The van der Waals surface area contributed by atoms with Gasteiger partial charge in [0.2, 0.25) is 5.95 Å². The maximum Gasteiger partial charge on any atom is 0.244 e. The van der Waals surface area contributed by atoms with Crippen molar-refractivity contribution in [2.45, 2.75) is 6.54 Å². The molecule has 1 saturated heterocycles. The topological polar surface area (TPSA) is 75.2 Å². The number of anilines is 2. The monoisotopic (exact) mass is 332 g/mol. The summed E-state index contributed by atoms with van der Waals surface area (Å²) in [5.74, 6) is 0.874. The maximum absolute atomic E-state index is 12.9. The number of hydrogen-bond acceptors (Lipinski definition) is 7. The fourth-order valence-electron chi connectivity index (χ4n) is 2.41. The molecule has 3 rings (SSSR count). The Labute approximate surface area is 140 Å². The third-order valence-corrected chi connectivity index (χ3v) is 3.76. The van der Waals surface area contributed by atoms with Crippen molar-refractivity contribution < 1.29 is 9.13 Å². The minimum atomic E-state index is -0.247. The van der Waals surface area contributed by atoms with Crippen LogP contribution in [-0.4, -0.2) is 59.5 Å². The van der Waals surface area contributed by atoms with Crippen LogP contribution in [0.15, 0.2) is 30.5 Å². The Kier molecular flexibility index (Phi) is 5.86. The molecule has 1 aliphatic heterocycles. The van der Waals surface area contributed by atoms with Gasteiger partial charge in [0.1, 0.15) is 5.82 Å². The van der Waals surface area contributed by atoms with Gasteiger partial charge in [0.15, 0.2) is 5.82 Å². The fourth-order valence-corrected chi connectivity index (χ4v) is 2.41. The van der Waals surface area contributed by atoms with E-state index in [1.165, 1.54) is 12.1 Å². The SMILES string of the molecule is Fc1ccc(CNc2nncc(NCCN3CCOCC3)n2)cc1. The second kappa shape index (κ2) is 8.51. The molecule has 0 radical (unpaired) electrons. The Morgan fingerprint density at radius 1 is 1.12 bits per heavy atom. The molecule has 7 nitrogen and oxygen atoms in total. The van der Waals surface area contributed by atoms with Crippen molar-refractivity contribution in [2.24, 2.45) is 0 Å². The molecular formula is C16H21FN6O. The Morgan fingerprint density at radius 3 is 2.71 bits per heavy atom. The van der Waals surface area contributed by atoms with Gasteiger partial charge in [-0.3, -0.25) is 4.90 Å². The molecule has 1 aliphatic rings. The van der Waals surface area contributed by atoms with Crippen molar-refractivity contribution in [3.8, 4) is 0 Å². The van der Waals surface area contributed by atoms with Gasteiger partial charge in [-0.15, -0.1) is 5.10 Å². The molecule has 8 heteroatoms. The highest BCUT2D eigenvalue weighted by Crippen LogP contribution is 2.07. The van der Waals surface area contributed by atoms with Crippen LogP contribution in [0.1, 0.15) is 5.56 Å². The summed E-state index contributed by atoms with van der Waals surface area (Å²) in [7, 11) is 0. The molecule has 2 N–H and O–H groups in total. The van der Waals surface area contributed by atoms with E-state index < -0.39 is 0 Å². The molecule has 2 heterocycles. The summed E-state index contributed by atoms with van der Waals surface area (Å²) in [5.41, 5.74) is 0.950. The van der Waals surface area contributed by atoms with E-state index in [0.717, 1.165) is 45.0 Å². The fraction of sp³-hybridized carbons (Fsp3) is 0.438. The van der Waals surface area contributed by atoms with Crippen LogP contribution in [0.4, 0.5) is 16.2 Å². The van der Waals surface area contributed by atoms with Crippen LogP contribution in [0, 0.1) is 5.82 Å². The highest BCUT2D eigenvalue weighted by Gasteiger charge is 2.09. The summed E-state index contributed by atoms with van der Waals surface area (Å²) in [6.07, 6.45) is 1.60. The second-order valence-corrected chi connectivity index (χ2v) is 5.53. The first kappa shape index (κ1) is 16.5. The molecular weight excluding hydrogens is 311 g/mol. The molecule has 0 bridgehead atoms. The van der Waals surface area contributed by atoms with Crippen LogP contribution in [0.25, 0.3) is 0 Å². The third kappa shape index (κ3) is 5.10. The third-order valence-electron chi connectivity index (χ3n) is 3.76. The first-order chi connectivity index (χ1) is 11.8. The van der Waals surface area contributed by atoms with E-state index in [1.54, 1.807) is 18.3 Å². The van der Waals surface area contributed by atoms with Crippen LogP contribution in [0.3, 0.4) is 0 Å². The quantitative estimate of drug-likeness (QED) is 0.793. The van der Waals surface area contributed by atoms with Gasteiger partial charge in [-0.05, 0) is 17.7 Å². The molecule has 24 heavy (non-hydrogen) atoms. The van der Waals surface area contributed by atoms with Gasteiger partial charge in [0.25, 0.3) is 0 Å². The van der Waals surface area contributed by atoms with Gasteiger partial charge < -0.3 is 15.4 Å². The molecule has 128 valence electrons. The lowest BCUT2D eigenvalue weighted by molar-refractivity contribution is 0.0398. The van der Waals surface area contributed by atoms with Crippen LogP contribution >= 0.6 is 0 Å². The van der Waals surface area contributed by atoms with E-state index in [-0.39, 0.29) is 5.82 Å². The van der Waals surface area contributed by atoms with Crippen molar-refractivity contribution in [2.75, 3.05) is 50.0 Å². The Morgan fingerprint density at radius 2 is 1.92 bits per heavy atom. The van der Waals surface area contributed by atoms with E-state index in [4.69, 9.17) is 4.74 Å².